The Hall–Kier alpha value is -0.980. The van der Waals surface area contributed by atoms with Gasteiger partial charge in [0.25, 0.3) is 0 Å². The van der Waals surface area contributed by atoms with Gasteiger partial charge >= 0.3 is 0 Å². The van der Waals surface area contributed by atoms with Crippen LogP contribution in [0.5, 0.6) is 0 Å². The summed E-state index contributed by atoms with van der Waals surface area (Å²) in [5.74, 6) is -0.285. The van der Waals surface area contributed by atoms with Crippen molar-refractivity contribution in [2.45, 2.75) is 68.0 Å². The van der Waals surface area contributed by atoms with Crippen LogP contribution in [0.1, 0.15) is 43.2 Å². The van der Waals surface area contributed by atoms with Gasteiger partial charge in [-0.25, -0.2) is 0 Å². The van der Waals surface area contributed by atoms with E-state index in [1.165, 1.54) is 0 Å². The third-order valence-electron chi connectivity index (χ3n) is 6.27. The molecule has 0 amide bonds. The van der Waals surface area contributed by atoms with Gasteiger partial charge in [0, 0.05) is 31.2 Å². The van der Waals surface area contributed by atoms with Crippen LogP contribution in [0, 0.1) is 0 Å². The molecule has 0 spiro atoms. The lowest BCUT2D eigenvalue weighted by atomic mass is 9.55. The SMILES string of the molecule is CC(CC1c2ccccc2CC2(O)CC(O)C(O)CC12O)N(C)C. The van der Waals surface area contributed by atoms with Crippen molar-refractivity contribution in [1.82, 2.24) is 4.90 Å². The number of rotatable bonds is 3. The zero-order chi connectivity index (χ0) is 17.7. The maximum atomic E-state index is 11.5. The van der Waals surface area contributed by atoms with Crippen LogP contribution in [-0.2, 0) is 6.42 Å². The summed E-state index contributed by atoms with van der Waals surface area (Å²) in [5, 5.41) is 43.1. The van der Waals surface area contributed by atoms with Crippen molar-refractivity contribution in [2.24, 2.45) is 0 Å². The molecule has 4 N–H and O–H groups in total. The van der Waals surface area contributed by atoms with Gasteiger partial charge in [-0.2, -0.15) is 0 Å². The van der Waals surface area contributed by atoms with Crippen molar-refractivity contribution in [3.8, 4) is 0 Å². The second-order valence-electron chi connectivity index (χ2n) is 7.98. The highest BCUT2D eigenvalue weighted by atomic mass is 16.4. The van der Waals surface area contributed by atoms with Crippen molar-refractivity contribution in [2.75, 3.05) is 14.1 Å². The molecule has 1 saturated carbocycles. The molecule has 2 aliphatic rings. The van der Waals surface area contributed by atoms with Crippen molar-refractivity contribution in [3.05, 3.63) is 35.4 Å². The molecule has 0 aromatic heterocycles. The summed E-state index contributed by atoms with van der Waals surface area (Å²) < 4.78 is 0. The summed E-state index contributed by atoms with van der Waals surface area (Å²) in [7, 11) is 3.99. The number of aliphatic hydroxyl groups is 4. The van der Waals surface area contributed by atoms with Crippen LogP contribution >= 0.6 is 0 Å². The molecule has 3 rings (SSSR count). The zero-order valence-corrected chi connectivity index (χ0v) is 14.7. The van der Waals surface area contributed by atoms with Crippen LogP contribution < -0.4 is 0 Å². The van der Waals surface area contributed by atoms with Gasteiger partial charge < -0.3 is 25.3 Å². The van der Waals surface area contributed by atoms with Crippen LogP contribution in [0.2, 0.25) is 0 Å². The highest BCUT2D eigenvalue weighted by Crippen LogP contribution is 2.53. The normalized spacial score (nSPS) is 40.1. The van der Waals surface area contributed by atoms with Crippen molar-refractivity contribution < 1.29 is 20.4 Å². The fourth-order valence-electron chi connectivity index (χ4n) is 4.48. The molecule has 0 heterocycles. The molecule has 0 aliphatic heterocycles. The Balaban J connectivity index is 2.08. The summed E-state index contributed by atoms with van der Waals surface area (Å²) in [6, 6.07) is 8.09. The van der Waals surface area contributed by atoms with E-state index < -0.39 is 23.4 Å². The first-order chi connectivity index (χ1) is 11.2. The Kier molecular flexibility index (Phi) is 4.51. The lowest BCUT2D eigenvalue weighted by molar-refractivity contribution is -0.237. The summed E-state index contributed by atoms with van der Waals surface area (Å²) in [6.45, 7) is 2.09. The molecular weight excluding hydrogens is 306 g/mol. The van der Waals surface area contributed by atoms with E-state index in [0.717, 1.165) is 11.1 Å². The van der Waals surface area contributed by atoms with E-state index in [1.807, 2.05) is 38.4 Å². The number of hydrogen-bond acceptors (Lipinski definition) is 5. The van der Waals surface area contributed by atoms with E-state index >= 15 is 0 Å². The van der Waals surface area contributed by atoms with Gasteiger partial charge in [0.2, 0.25) is 0 Å². The Labute approximate surface area is 143 Å². The largest absolute Gasteiger partial charge is 0.390 e. The molecule has 5 heteroatoms. The van der Waals surface area contributed by atoms with Gasteiger partial charge in [-0.15, -0.1) is 0 Å². The second kappa shape index (κ2) is 6.07. The van der Waals surface area contributed by atoms with Gasteiger partial charge in [-0.3, -0.25) is 0 Å². The summed E-state index contributed by atoms with van der Waals surface area (Å²) >= 11 is 0. The number of fused-ring (bicyclic) bond motifs is 2. The maximum absolute atomic E-state index is 11.5. The molecule has 0 bridgehead atoms. The molecule has 24 heavy (non-hydrogen) atoms. The molecule has 0 radical (unpaired) electrons. The number of benzene rings is 1. The van der Waals surface area contributed by atoms with Crippen LogP contribution in [0.15, 0.2) is 24.3 Å². The minimum Gasteiger partial charge on any atom is -0.390 e. The van der Waals surface area contributed by atoms with Gasteiger partial charge in [0.05, 0.1) is 12.2 Å². The number of nitrogens with zero attached hydrogens (tertiary/aromatic N) is 1. The molecule has 1 aromatic rings. The smallest absolute Gasteiger partial charge is 0.103 e. The molecule has 1 fully saturated rings. The number of aliphatic hydroxyl groups excluding tert-OH is 2. The van der Waals surface area contributed by atoms with Crippen molar-refractivity contribution in [1.29, 1.82) is 0 Å². The van der Waals surface area contributed by atoms with Crippen molar-refractivity contribution >= 4 is 0 Å². The van der Waals surface area contributed by atoms with Crippen LogP contribution in [0.3, 0.4) is 0 Å². The zero-order valence-electron chi connectivity index (χ0n) is 14.7. The Morgan fingerprint density at radius 1 is 1.12 bits per heavy atom. The van der Waals surface area contributed by atoms with E-state index in [0.29, 0.717) is 12.8 Å². The average molecular weight is 335 g/mol. The Bertz CT molecular complexity index is 607. The first kappa shape index (κ1) is 17.8. The van der Waals surface area contributed by atoms with E-state index in [2.05, 4.69) is 11.8 Å². The maximum Gasteiger partial charge on any atom is 0.103 e. The predicted octanol–water partition coefficient (Wildman–Crippen LogP) is 0.644. The quantitative estimate of drug-likeness (QED) is 0.652. The predicted molar refractivity (Wildman–Crippen MR) is 91.8 cm³/mol. The standard InChI is InChI=1S/C19H29NO4/c1-12(20(2)3)8-15-14-7-5-4-6-13(14)9-18(23)10-16(21)17(22)11-19(15,18)24/h4-7,12,15-17,21-24H,8-11H2,1-3H3. The monoisotopic (exact) mass is 335 g/mol. The molecular formula is C19H29NO4. The topological polar surface area (TPSA) is 84.2 Å². The molecule has 2 aliphatic carbocycles. The van der Waals surface area contributed by atoms with Crippen LogP contribution in [-0.4, -0.2) is 68.9 Å². The Morgan fingerprint density at radius 2 is 1.75 bits per heavy atom. The first-order valence-electron chi connectivity index (χ1n) is 8.73. The second-order valence-corrected chi connectivity index (χ2v) is 7.98. The van der Waals surface area contributed by atoms with Gasteiger partial charge in [-0.1, -0.05) is 24.3 Å². The lowest BCUT2D eigenvalue weighted by Gasteiger charge is -2.57. The molecule has 5 nitrogen and oxygen atoms in total. The van der Waals surface area contributed by atoms with E-state index in [4.69, 9.17) is 0 Å². The molecule has 1 aromatic carbocycles. The molecule has 6 atom stereocenters. The van der Waals surface area contributed by atoms with E-state index in [1.54, 1.807) is 0 Å². The third-order valence-corrected chi connectivity index (χ3v) is 6.27. The van der Waals surface area contributed by atoms with Crippen LogP contribution in [0.25, 0.3) is 0 Å². The highest BCUT2D eigenvalue weighted by molar-refractivity contribution is 5.40. The first-order valence-corrected chi connectivity index (χ1v) is 8.73. The summed E-state index contributed by atoms with van der Waals surface area (Å²) in [4.78, 5) is 2.09. The van der Waals surface area contributed by atoms with E-state index in [-0.39, 0.29) is 24.8 Å². The van der Waals surface area contributed by atoms with Gasteiger partial charge in [0.1, 0.15) is 11.2 Å². The minimum absolute atomic E-state index is 0.00809. The highest BCUT2D eigenvalue weighted by Gasteiger charge is 2.62. The third kappa shape index (κ3) is 2.68. The Morgan fingerprint density at radius 3 is 2.42 bits per heavy atom. The summed E-state index contributed by atoms with van der Waals surface area (Å²) in [5.41, 5.74) is -0.799. The molecule has 134 valence electrons. The molecule has 6 unspecified atom stereocenters. The number of hydrogen-bond donors (Lipinski definition) is 4. The minimum atomic E-state index is -1.44. The van der Waals surface area contributed by atoms with Gasteiger partial charge in [-0.05, 0) is 38.6 Å². The molecule has 0 saturated heterocycles. The van der Waals surface area contributed by atoms with Crippen LogP contribution in [0.4, 0.5) is 0 Å². The fourth-order valence-corrected chi connectivity index (χ4v) is 4.48. The van der Waals surface area contributed by atoms with Crippen molar-refractivity contribution in [3.63, 3.8) is 0 Å². The fraction of sp³-hybridized carbons (Fsp3) is 0.684. The lowest BCUT2D eigenvalue weighted by Crippen LogP contribution is -2.68. The van der Waals surface area contributed by atoms with Gasteiger partial charge in [0.15, 0.2) is 0 Å². The van der Waals surface area contributed by atoms with E-state index in [9.17, 15) is 20.4 Å². The summed E-state index contributed by atoms with van der Waals surface area (Å²) in [6.07, 6.45) is -1.07. The average Bonchev–Trinajstić information content (AvgIpc) is 2.50.